The van der Waals surface area contributed by atoms with E-state index in [1.807, 2.05) is 13.8 Å². The van der Waals surface area contributed by atoms with E-state index in [2.05, 4.69) is 5.32 Å². The van der Waals surface area contributed by atoms with Gasteiger partial charge in [-0.1, -0.05) is 32.0 Å². The van der Waals surface area contributed by atoms with Crippen LogP contribution in [0.3, 0.4) is 0 Å². The molecule has 0 aliphatic carbocycles. The normalized spacial score (nSPS) is 13.4. The summed E-state index contributed by atoms with van der Waals surface area (Å²) in [5, 5.41) is 2.87. The van der Waals surface area contributed by atoms with E-state index in [1.165, 1.54) is 35.2 Å². The number of alkyl halides is 3. The molecule has 0 aliphatic rings. The number of sulfonamides is 1. The van der Waals surface area contributed by atoms with Crippen LogP contribution in [-0.2, 0) is 32.3 Å². The maximum atomic E-state index is 13.4. The van der Waals surface area contributed by atoms with Gasteiger partial charge in [0.05, 0.1) is 17.5 Å². The third-order valence-electron chi connectivity index (χ3n) is 6.27. The van der Waals surface area contributed by atoms with Gasteiger partial charge in [-0.05, 0) is 62.1 Å². The van der Waals surface area contributed by atoms with Crippen LogP contribution in [0.4, 0.5) is 23.2 Å². The van der Waals surface area contributed by atoms with E-state index in [0.29, 0.717) is 18.4 Å². The first-order chi connectivity index (χ1) is 18.2. The molecule has 2 aromatic carbocycles. The number of carbonyl (C=O) groups is 2. The molecule has 0 saturated carbocycles. The Morgan fingerprint density at radius 2 is 1.67 bits per heavy atom. The monoisotopic (exact) mass is 573 g/mol. The van der Waals surface area contributed by atoms with Crippen molar-refractivity contribution < 1.29 is 35.6 Å². The predicted molar refractivity (Wildman–Crippen MR) is 142 cm³/mol. The first-order valence-corrected chi connectivity index (χ1v) is 14.5. The van der Waals surface area contributed by atoms with Crippen molar-refractivity contribution in [1.29, 1.82) is 0 Å². The fourth-order valence-electron chi connectivity index (χ4n) is 3.99. The Hall–Kier alpha value is -3.15. The van der Waals surface area contributed by atoms with Gasteiger partial charge in [0.1, 0.15) is 11.9 Å². The third-order valence-corrected chi connectivity index (χ3v) is 7.46. The molecule has 2 atom stereocenters. The number of anilines is 1. The van der Waals surface area contributed by atoms with Crippen LogP contribution >= 0.6 is 0 Å². The Labute approximate surface area is 227 Å². The summed E-state index contributed by atoms with van der Waals surface area (Å²) in [5.41, 5.74) is -0.558. The average Bonchev–Trinajstić information content (AvgIpc) is 2.86. The van der Waals surface area contributed by atoms with E-state index in [1.54, 1.807) is 6.92 Å². The maximum Gasteiger partial charge on any atom is 0.416 e. The second-order valence-corrected chi connectivity index (χ2v) is 11.3. The topological polar surface area (TPSA) is 86.8 Å². The van der Waals surface area contributed by atoms with Crippen molar-refractivity contribution in [1.82, 2.24) is 10.2 Å². The van der Waals surface area contributed by atoms with Gasteiger partial charge < -0.3 is 10.2 Å². The number of amides is 2. The Morgan fingerprint density at radius 3 is 2.21 bits per heavy atom. The highest BCUT2D eigenvalue weighted by Gasteiger charge is 2.32. The molecular weight excluding hydrogens is 538 g/mol. The minimum absolute atomic E-state index is 0.00845. The van der Waals surface area contributed by atoms with E-state index < -0.39 is 39.5 Å². The second-order valence-electron chi connectivity index (χ2n) is 9.38. The smallest absolute Gasteiger partial charge is 0.352 e. The van der Waals surface area contributed by atoms with E-state index in [-0.39, 0.29) is 43.6 Å². The summed E-state index contributed by atoms with van der Waals surface area (Å²) in [6.07, 6.45) is -2.96. The Balaban J connectivity index is 2.26. The minimum atomic E-state index is -4.65. The number of hydrogen-bond acceptors (Lipinski definition) is 4. The van der Waals surface area contributed by atoms with Crippen molar-refractivity contribution in [3.05, 3.63) is 65.5 Å². The van der Waals surface area contributed by atoms with Gasteiger partial charge in [-0.3, -0.25) is 13.9 Å². The van der Waals surface area contributed by atoms with Gasteiger partial charge in [-0.25, -0.2) is 12.8 Å². The summed E-state index contributed by atoms with van der Waals surface area (Å²) in [5.74, 6) is -1.24. The highest BCUT2D eigenvalue weighted by atomic mass is 32.2. The lowest BCUT2D eigenvalue weighted by Gasteiger charge is -2.32. The molecule has 2 amide bonds. The van der Waals surface area contributed by atoms with Crippen molar-refractivity contribution in [2.75, 3.05) is 17.1 Å². The van der Waals surface area contributed by atoms with Crippen molar-refractivity contribution >= 4 is 27.5 Å². The molecule has 0 aromatic heterocycles. The molecule has 216 valence electrons. The number of benzene rings is 2. The number of rotatable bonds is 13. The zero-order chi connectivity index (χ0) is 29.4. The zero-order valence-electron chi connectivity index (χ0n) is 22.5. The summed E-state index contributed by atoms with van der Waals surface area (Å²) in [7, 11) is -3.96. The summed E-state index contributed by atoms with van der Waals surface area (Å²) < 4.78 is 78.6. The van der Waals surface area contributed by atoms with Crippen LogP contribution in [0, 0.1) is 5.82 Å². The van der Waals surface area contributed by atoms with Crippen LogP contribution in [-0.4, -0.2) is 50.0 Å². The summed E-state index contributed by atoms with van der Waals surface area (Å²) in [6, 6.07) is 8.53. The van der Waals surface area contributed by atoms with Gasteiger partial charge >= 0.3 is 6.18 Å². The largest absolute Gasteiger partial charge is 0.416 e. The third kappa shape index (κ3) is 9.52. The van der Waals surface area contributed by atoms with E-state index in [0.717, 1.165) is 28.8 Å². The number of nitrogens with one attached hydrogen (secondary N) is 1. The van der Waals surface area contributed by atoms with Gasteiger partial charge in [0, 0.05) is 25.6 Å². The molecule has 39 heavy (non-hydrogen) atoms. The molecule has 0 aliphatic heterocycles. The Morgan fingerprint density at radius 1 is 1.03 bits per heavy atom. The van der Waals surface area contributed by atoms with Crippen LogP contribution in [0.1, 0.15) is 57.6 Å². The lowest BCUT2D eigenvalue weighted by molar-refractivity contribution is -0.141. The van der Waals surface area contributed by atoms with Crippen LogP contribution in [0.25, 0.3) is 0 Å². The van der Waals surface area contributed by atoms with Crippen molar-refractivity contribution in [2.24, 2.45) is 0 Å². The maximum absolute atomic E-state index is 13.4. The van der Waals surface area contributed by atoms with Crippen molar-refractivity contribution in [2.45, 2.75) is 71.3 Å². The van der Waals surface area contributed by atoms with Crippen LogP contribution in [0.15, 0.2) is 48.5 Å². The van der Waals surface area contributed by atoms with Gasteiger partial charge in [0.2, 0.25) is 21.8 Å². The standard InChI is InChI=1S/C27H35F4N3O4S/c1-5-19(3)32-26(36)24(6-2)33(18-20-12-14-22(28)15-13-20)25(35)11-8-16-34(39(4,37)38)23-10-7-9-21(17-23)27(29,30)31/h7,9-10,12-15,17,19,24H,5-6,8,11,16,18H2,1-4H3,(H,32,36)/t19-,24+/m1/s1. The molecule has 0 unspecified atom stereocenters. The molecule has 0 bridgehead atoms. The number of hydrogen-bond donors (Lipinski definition) is 1. The highest BCUT2D eigenvalue weighted by Crippen LogP contribution is 2.32. The van der Waals surface area contributed by atoms with Gasteiger partial charge in [0.15, 0.2) is 0 Å². The van der Waals surface area contributed by atoms with E-state index in [4.69, 9.17) is 0 Å². The molecule has 2 rings (SSSR count). The Kier molecular flexibility index (Phi) is 11.3. The SMILES string of the molecule is CC[C@@H](C)NC(=O)[C@H](CC)N(Cc1ccc(F)cc1)C(=O)CCCN(c1cccc(C(F)(F)F)c1)S(C)(=O)=O. The van der Waals surface area contributed by atoms with Crippen LogP contribution in [0.2, 0.25) is 0 Å². The summed E-state index contributed by atoms with van der Waals surface area (Å²) >= 11 is 0. The highest BCUT2D eigenvalue weighted by molar-refractivity contribution is 7.92. The minimum Gasteiger partial charge on any atom is -0.352 e. The van der Waals surface area contributed by atoms with Crippen molar-refractivity contribution in [3.63, 3.8) is 0 Å². The van der Waals surface area contributed by atoms with Gasteiger partial charge in [0.25, 0.3) is 0 Å². The fourth-order valence-corrected chi connectivity index (χ4v) is 4.95. The second kappa shape index (κ2) is 13.8. The zero-order valence-corrected chi connectivity index (χ0v) is 23.3. The number of halogens is 4. The first-order valence-electron chi connectivity index (χ1n) is 12.7. The molecule has 7 nitrogen and oxygen atoms in total. The number of carbonyl (C=O) groups excluding carboxylic acids is 2. The molecular formula is C27H35F4N3O4S. The van der Waals surface area contributed by atoms with Crippen LogP contribution in [0.5, 0.6) is 0 Å². The number of nitrogens with zero attached hydrogens (tertiary/aromatic N) is 2. The lowest BCUT2D eigenvalue weighted by atomic mass is 10.1. The molecule has 0 heterocycles. The van der Waals surface area contributed by atoms with E-state index >= 15 is 0 Å². The van der Waals surface area contributed by atoms with Crippen LogP contribution < -0.4 is 9.62 Å². The molecule has 0 saturated heterocycles. The fraction of sp³-hybridized carbons (Fsp3) is 0.481. The summed E-state index contributed by atoms with van der Waals surface area (Å²) in [4.78, 5) is 27.8. The lowest BCUT2D eigenvalue weighted by Crippen LogP contribution is -2.50. The summed E-state index contributed by atoms with van der Waals surface area (Å²) in [6.45, 7) is 5.28. The predicted octanol–water partition coefficient (Wildman–Crippen LogP) is 5.11. The van der Waals surface area contributed by atoms with Crippen molar-refractivity contribution in [3.8, 4) is 0 Å². The molecule has 0 radical (unpaired) electrons. The Bertz CT molecular complexity index is 1220. The average molecular weight is 574 g/mol. The van der Waals surface area contributed by atoms with E-state index in [9.17, 15) is 35.6 Å². The molecule has 12 heteroatoms. The quantitative estimate of drug-likeness (QED) is 0.338. The molecule has 2 aromatic rings. The molecule has 0 spiro atoms. The van der Waals surface area contributed by atoms with Gasteiger partial charge in [-0.2, -0.15) is 13.2 Å². The first kappa shape index (κ1) is 32.1. The molecule has 1 N–H and O–H groups in total. The van der Waals surface area contributed by atoms with Gasteiger partial charge in [-0.15, -0.1) is 0 Å². The molecule has 0 fully saturated rings.